The first-order valence-electron chi connectivity index (χ1n) is 7.33. The standard InChI is InChI=1S/C17H17ClF2S/c18-13(9-12-6-4-7-14(19)17(12)20)16-10-11-5-2-1-3-8-15(11)21-16/h4,6-7,10,13H,1-3,5,8-9H2. The van der Waals surface area contributed by atoms with Crippen LogP contribution < -0.4 is 0 Å². The van der Waals surface area contributed by atoms with Crippen LogP contribution in [0.1, 0.15) is 45.5 Å². The Morgan fingerprint density at radius 2 is 1.95 bits per heavy atom. The molecule has 0 bridgehead atoms. The predicted octanol–water partition coefficient (Wildman–Crippen LogP) is 5.82. The molecule has 1 atom stereocenters. The molecule has 0 nitrogen and oxygen atoms in total. The van der Waals surface area contributed by atoms with Crippen LogP contribution in [0, 0.1) is 11.6 Å². The van der Waals surface area contributed by atoms with Crippen molar-refractivity contribution in [3.63, 3.8) is 0 Å². The zero-order chi connectivity index (χ0) is 14.8. The van der Waals surface area contributed by atoms with Gasteiger partial charge in [0.05, 0.1) is 5.38 Å². The summed E-state index contributed by atoms with van der Waals surface area (Å²) in [6.45, 7) is 0. The second-order valence-electron chi connectivity index (χ2n) is 5.54. The Hall–Kier alpha value is -0.930. The lowest BCUT2D eigenvalue weighted by Gasteiger charge is -2.09. The Kier molecular flexibility index (Phi) is 4.60. The Balaban J connectivity index is 1.79. The largest absolute Gasteiger partial charge is 0.204 e. The number of hydrogen-bond donors (Lipinski definition) is 0. The second-order valence-corrected chi connectivity index (χ2v) is 7.24. The third-order valence-electron chi connectivity index (χ3n) is 4.01. The molecule has 0 saturated carbocycles. The minimum Gasteiger partial charge on any atom is -0.204 e. The second kappa shape index (κ2) is 6.45. The van der Waals surface area contributed by atoms with E-state index in [1.807, 2.05) is 0 Å². The van der Waals surface area contributed by atoms with Gasteiger partial charge in [0.1, 0.15) is 0 Å². The Morgan fingerprint density at radius 3 is 2.81 bits per heavy atom. The van der Waals surface area contributed by atoms with Crippen LogP contribution in [0.4, 0.5) is 8.78 Å². The number of halogens is 3. The van der Waals surface area contributed by atoms with Crippen LogP contribution in [0.5, 0.6) is 0 Å². The zero-order valence-electron chi connectivity index (χ0n) is 11.7. The Labute approximate surface area is 132 Å². The minimum absolute atomic E-state index is 0.293. The van der Waals surface area contributed by atoms with E-state index in [0.29, 0.717) is 12.0 Å². The summed E-state index contributed by atoms with van der Waals surface area (Å²) < 4.78 is 27.0. The first kappa shape index (κ1) is 15.0. The van der Waals surface area contributed by atoms with Gasteiger partial charge in [-0.1, -0.05) is 18.6 Å². The van der Waals surface area contributed by atoms with Crippen molar-refractivity contribution >= 4 is 22.9 Å². The minimum atomic E-state index is -0.807. The molecule has 3 rings (SSSR count). The van der Waals surface area contributed by atoms with Gasteiger partial charge in [-0.05, 0) is 55.4 Å². The van der Waals surface area contributed by atoms with E-state index in [1.165, 1.54) is 35.8 Å². The topological polar surface area (TPSA) is 0 Å². The van der Waals surface area contributed by atoms with E-state index in [4.69, 9.17) is 11.6 Å². The number of rotatable bonds is 3. The van der Waals surface area contributed by atoms with Gasteiger partial charge in [0.25, 0.3) is 0 Å². The molecule has 2 aromatic rings. The molecule has 4 heteroatoms. The fourth-order valence-corrected chi connectivity index (χ4v) is 4.44. The third-order valence-corrected chi connectivity index (χ3v) is 5.87. The summed E-state index contributed by atoms with van der Waals surface area (Å²) in [6, 6.07) is 6.43. The molecule has 0 fully saturated rings. The van der Waals surface area contributed by atoms with Crippen LogP contribution in [-0.4, -0.2) is 0 Å². The Bertz CT molecular complexity index is 612. The van der Waals surface area contributed by atoms with Crippen LogP contribution in [0.3, 0.4) is 0 Å². The van der Waals surface area contributed by atoms with Crippen molar-refractivity contribution in [3.8, 4) is 0 Å². The van der Waals surface area contributed by atoms with Crippen LogP contribution in [0.15, 0.2) is 24.3 Å². The van der Waals surface area contributed by atoms with Crippen LogP contribution >= 0.6 is 22.9 Å². The van der Waals surface area contributed by atoms with E-state index in [9.17, 15) is 8.78 Å². The van der Waals surface area contributed by atoms with Crippen molar-refractivity contribution in [2.75, 3.05) is 0 Å². The highest BCUT2D eigenvalue weighted by Crippen LogP contribution is 2.36. The molecular weight excluding hydrogens is 310 g/mol. The number of thiophene rings is 1. The van der Waals surface area contributed by atoms with E-state index in [1.54, 1.807) is 17.4 Å². The molecule has 1 unspecified atom stereocenters. The maximum atomic E-state index is 13.7. The van der Waals surface area contributed by atoms with Crippen molar-refractivity contribution in [3.05, 3.63) is 56.8 Å². The molecule has 1 heterocycles. The summed E-state index contributed by atoms with van der Waals surface area (Å²) in [5.74, 6) is -1.58. The smallest absolute Gasteiger partial charge is 0.162 e. The van der Waals surface area contributed by atoms with E-state index in [0.717, 1.165) is 23.8 Å². The van der Waals surface area contributed by atoms with Crippen LogP contribution in [0.2, 0.25) is 0 Å². The molecule has 0 radical (unpaired) electrons. The van der Waals surface area contributed by atoms with Gasteiger partial charge in [-0.25, -0.2) is 8.78 Å². The van der Waals surface area contributed by atoms with Gasteiger partial charge in [-0.15, -0.1) is 22.9 Å². The quantitative estimate of drug-likeness (QED) is 0.492. The predicted molar refractivity (Wildman–Crippen MR) is 84.2 cm³/mol. The highest BCUT2D eigenvalue weighted by atomic mass is 35.5. The van der Waals surface area contributed by atoms with E-state index >= 15 is 0 Å². The number of alkyl halides is 1. The molecule has 0 aliphatic heterocycles. The van der Waals surface area contributed by atoms with Crippen molar-refractivity contribution in [1.29, 1.82) is 0 Å². The van der Waals surface area contributed by atoms with Crippen molar-refractivity contribution in [2.24, 2.45) is 0 Å². The zero-order valence-corrected chi connectivity index (χ0v) is 13.2. The van der Waals surface area contributed by atoms with E-state index < -0.39 is 11.6 Å². The van der Waals surface area contributed by atoms with Gasteiger partial charge >= 0.3 is 0 Å². The molecule has 1 aromatic carbocycles. The molecule has 0 N–H and O–H groups in total. The number of benzene rings is 1. The number of fused-ring (bicyclic) bond motifs is 1. The molecule has 0 spiro atoms. The van der Waals surface area contributed by atoms with Gasteiger partial charge in [0.2, 0.25) is 0 Å². The first-order chi connectivity index (χ1) is 10.1. The summed E-state index contributed by atoms with van der Waals surface area (Å²) in [6.07, 6.45) is 6.31. The fraction of sp³-hybridized carbons (Fsp3) is 0.412. The van der Waals surface area contributed by atoms with Crippen molar-refractivity contribution < 1.29 is 8.78 Å². The molecule has 1 aliphatic rings. The van der Waals surface area contributed by atoms with E-state index in [-0.39, 0.29) is 5.38 Å². The molecule has 1 aromatic heterocycles. The van der Waals surface area contributed by atoms with Crippen LogP contribution in [0.25, 0.3) is 0 Å². The summed E-state index contributed by atoms with van der Waals surface area (Å²) in [7, 11) is 0. The number of aryl methyl sites for hydroxylation is 2. The molecule has 0 saturated heterocycles. The summed E-state index contributed by atoms with van der Waals surface area (Å²) in [5.41, 5.74) is 1.75. The van der Waals surface area contributed by atoms with Gasteiger partial charge in [-0.2, -0.15) is 0 Å². The van der Waals surface area contributed by atoms with Gasteiger partial charge < -0.3 is 0 Å². The highest BCUT2D eigenvalue weighted by molar-refractivity contribution is 7.12. The molecular formula is C17H17ClF2S. The average Bonchev–Trinajstić information content (AvgIpc) is 2.75. The first-order valence-corrected chi connectivity index (χ1v) is 8.59. The molecule has 0 amide bonds. The maximum Gasteiger partial charge on any atom is 0.162 e. The lowest BCUT2D eigenvalue weighted by Crippen LogP contribution is -1.99. The lowest BCUT2D eigenvalue weighted by molar-refractivity contribution is 0.498. The van der Waals surface area contributed by atoms with E-state index in [2.05, 4.69) is 6.07 Å². The van der Waals surface area contributed by atoms with Crippen molar-refractivity contribution in [2.45, 2.75) is 43.9 Å². The van der Waals surface area contributed by atoms with Gasteiger partial charge in [0.15, 0.2) is 11.6 Å². The molecule has 21 heavy (non-hydrogen) atoms. The third kappa shape index (κ3) is 3.29. The lowest BCUT2D eigenvalue weighted by atomic mass is 10.1. The van der Waals surface area contributed by atoms with Gasteiger partial charge in [-0.3, -0.25) is 0 Å². The normalized spacial score (nSPS) is 16.3. The summed E-state index contributed by atoms with van der Waals surface area (Å²) in [4.78, 5) is 2.50. The molecule has 1 aliphatic carbocycles. The maximum absolute atomic E-state index is 13.7. The average molecular weight is 327 g/mol. The van der Waals surface area contributed by atoms with Crippen molar-refractivity contribution in [1.82, 2.24) is 0 Å². The Morgan fingerprint density at radius 1 is 1.14 bits per heavy atom. The number of hydrogen-bond acceptors (Lipinski definition) is 1. The van der Waals surface area contributed by atoms with Gasteiger partial charge in [0, 0.05) is 9.75 Å². The SMILES string of the molecule is Fc1cccc(CC(Cl)c2cc3c(s2)CCCCC3)c1F. The van der Waals surface area contributed by atoms with Crippen LogP contribution in [-0.2, 0) is 19.3 Å². The molecule has 112 valence electrons. The summed E-state index contributed by atoms with van der Waals surface area (Å²) in [5, 5.41) is -0.293. The summed E-state index contributed by atoms with van der Waals surface area (Å²) >= 11 is 8.18. The highest BCUT2D eigenvalue weighted by Gasteiger charge is 2.19. The fourth-order valence-electron chi connectivity index (χ4n) is 2.84. The monoisotopic (exact) mass is 326 g/mol.